The van der Waals surface area contributed by atoms with Crippen molar-refractivity contribution in [2.45, 2.75) is 237 Å². The summed E-state index contributed by atoms with van der Waals surface area (Å²) in [7, 11) is 0. The SMILES string of the molecule is CC/C=C/C=C/C=C\C=C/C=C/CCCC(=O)OC1C(OCC(NC(=O)C(O)CCCC/C=C\CCCCCCCC)C(O)/C=C/CCCCCCCCCCCC)OC(CO)C(O)C1O. The number of ether oxygens (including phenoxy) is 3. The second-order valence-electron chi connectivity index (χ2n) is 17.6. The van der Waals surface area contributed by atoms with E-state index in [0.29, 0.717) is 19.3 Å². The van der Waals surface area contributed by atoms with E-state index in [4.69, 9.17) is 14.2 Å². The molecule has 1 heterocycles. The minimum absolute atomic E-state index is 0.0219. The molecule has 1 aliphatic heterocycles. The topological polar surface area (TPSA) is 175 Å². The van der Waals surface area contributed by atoms with Crippen LogP contribution in [-0.4, -0.2) is 99.6 Å². The maximum Gasteiger partial charge on any atom is 0.306 e. The van der Waals surface area contributed by atoms with Crippen molar-refractivity contribution in [1.29, 1.82) is 0 Å². The molecular formula is C55H93NO10. The number of aliphatic hydroxyl groups is 5. The highest BCUT2D eigenvalue weighted by Crippen LogP contribution is 2.26. The van der Waals surface area contributed by atoms with E-state index in [0.717, 1.165) is 51.4 Å². The number of hydrogen-bond acceptors (Lipinski definition) is 10. The minimum atomic E-state index is -1.65. The molecule has 66 heavy (non-hydrogen) atoms. The molecule has 0 saturated carbocycles. The molecule has 0 aliphatic carbocycles. The van der Waals surface area contributed by atoms with Gasteiger partial charge in [-0.05, 0) is 64.2 Å². The molecule has 8 atom stereocenters. The molecule has 0 aromatic rings. The molecule has 0 bridgehead atoms. The Morgan fingerprint density at radius 1 is 0.606 bits per heavy atom. The number of hydrogen-bond donors (Lipinski definition) is 6. The highest BCUT2D eigenvalue weighted by molar-refractivity contribution is 5.80. The van der Waals surface area contributed by atoms with Crippen LogP contribution in [0.5, 0.6) is 0 Å². The predicted octanol–water partition coefficient (Wildman–Crippen LogP) is 10.7. The smallest absolute Gasteiger partial charge is 0.306 e. The predicted molar refractivity (Wildman–Crippen MR) is 269 cm³/mol. The lowest BCUT2D eigenvalue weighted by Gasteiger charge is -2.41. The lowest BCUT2D eigenvalue weighted by atomic mass is 9.99. The van der Waals surface area contributed by atoms with Crippen molar-refractivity contribution in [3.05, 3.63) is 85.1 Å². The summed E-state index contributed by atoms with van der Waals surface area (Å²) < 4.78 is 17.4. The highest BCUT2D eigenvalue weighted by atomic mass is 16.7. The second kappa shape index (κ2) is 43.1. The summed E-state index contributed by atoms with van der Waals surface area (Å²) in [4.78, 5) is 26.3. The molecular weight excluding hydrogens is 835 g/mol. The maximum absolute atomic E-state index is 13.3. The average molecular weight is 928 g/mol. The number of rotatable bonds is 41. The van der Waals surface area contributed by atoms with E-state index in [9.17, 15) is 35.1 Å². The number of esters is 1. The molecule has 11 nitrogen and oxygen atoms in total. The molecule has 1 rings (SSSR count). The third-order valence-corrected chi connectivity index (χ3v) is 11.7. The fourth-order valence-electron chi connectivity index (χ4n) is 7.50. The van der Waals surface area contributed by atoms with E-state index in [1.54, 1.807) is 6.08 Å². The van der Waals surface area contributed by atoms with Crippen LogP contribution in [0.2, 0.25) is 0 Å². The van der Waals surface area contributed by atoms with Crippen molar-refractivity contribution >= 4 is 11.9 Å². The summed E-state index contributed by atoms with van der Waals surface area (Å²) in [6.07, 6.45) is 43.6. The van der Waals surface area contributed by atoms with E-state index < -0.39 is 67.4 Å². The Kier molecular flexibility index (Phi) is 39.8. The van der Waals surface area contributed by atoms with Crippen LogP contribution in [0.25, 0.3) is 0 Å². The van der Waals surface area contributed by atoms with Crippen molar-refractivity contribution in [2.75, 3.05) is 13.2 Å². The van der Waals surface area contributed by atoms with E-state index >= 15 is 0 Å². The van der Waals surface area contributed by atoms with Crippen molar-refractivity contribution in [3.8, 4) is 0 Å². The third-order valence-electron chi connectivity index (χ3n) is 11.7. The number of aliphatic hydroxyl groups excluding tert-OH is 5. The van der Waals surface area contributed by atoms with Crippen LogP contribution in [0, 0.1) is 0 Å². The number of allylic oxidation sites excluding steroid dienone is 13. The second-order valence-corrected chi connectivity index (χ2v) is 17.6. The number of carbonyl (C=O) groups excluding carboxylic acids is 2. The zero-order valence-corrected chi connectivity index (χ0v) is 41.3. The monoisotopic (exact) mass is 928 g/mol. The van der Waals surface area contributed by atoms with Crippen LogP contribution in [0.15, 0.2) is 85.1 Å². The van der Waals surface area contributed by atoms with Crippen LogP contribution in [0.1, 0.15) is 188 Å². The van der Waals surface area contributed by atoms with Crippen molar-refractivity contribution < 1.29 is 49.3 Å². The first kappa shape index (κ1) is 60.9. The first-order valence-electron chi connectivity index (χ1n) is 25.9. The van der Waals surface area contributed by atoms with Gasteiger partial charge in [-0.2, -0.15) is 0 Å². The van der Waals surface area contributed by atoms with E-state index in [2.05, 4.69) is 44.3 Å². The molecule has 378 valence electrons. The Morgan fingerprint density at radius 3 is 1.67 bits per heavy atom. The number of carbonyl (C=O) groups is 2. The van der Waals surface area contributed by atoms with Crippen LogP contribution in [0.3, 0.4) is 0 Å². The molecule has 1 aliphatic rings. The number of unbranched alkanes of at least 4 members (excludes halogenated alkanes) is 19. The van der Waals surface area contributed by atoms with Gasteiger partial charge in [0.05, 0.1) is 25.4 Å². The Balaban J connectivity index is 2.86. The lowest BCUT2D eigenvalue weighted by Crippen LogP contribution is -2.61. The summed E-state index contributed by atoms with van der Waals surface area (Å²) in [6.45, 7) is 5.53. The van der Waals surface area contributed by atoms with Crippen molar-refractivity contribution in [1.82, 2.24) is 5.32 Å². The summed E-state index contributed by atoms with van der Waals surface area (Å²) in [5.41, 5.74) is 0. The lowest BCUT2D eigenvalue weighted by molar-refractivity contribution is -0.305. The molecule has 1 fully saturated rings. The third kappa shape index (κ3) is 31.7. The quantitative estimate of drug-likeness (QED) is 0.0150. The van der Waals surface area contributed by atoms with Crippen molar-refractivity contribution in [3.63, 3.8) is 0 Å². The van der Waals surface area contributed by atoms with Gasteiger partial charge in [0, 0.05) is 6.42 Å². The first-order chi connectivity index (χ1) is 32.2. The molecule has 8 unspecified atom stereocenters. The van der Waals surface area contributed by atoms with Gasteiger partial charge in [0.15, 0.2) is 12.4 Å². The average Bonchev–Trinajstić information content (AvgIpc) is 3.31. The molecule has 0 aromatic heterocycles. The molecule has 0 spiro atoms. The summed E-state index contributed by atoms with van der Waals surface area (Å²) in [6, 6.07) is -1.05. The molecule has 1 saturated heterocycles. The molecule has 6 N–H and O–H groups in total. The van der Waals surface area contributed by atoms with Gasteiger partial charge in [-0.3, -0.25) is 9.59 Å². The first-order valence-corrected chi connectivity index (χ1v) is 25.9. The Hall–Kier alpha value is -3.16. The molecule has 11 heteroatoms. The van der Waals surface area contributed by atoms with Crippen LogP contribution in [0.4, 0.5) is 0 Å². The zero-order chi connectivity index (χ0) is 48.3. The van der Waals surface area contributed by atoms with Crippen LogP contribution in [-0.2, 0) is 23.8 Å². The number of nitrogens with one attached hydrogen (secondary N) is 1. The molecule has 1 amide bonds. The standard InChI is InChI=1S/C55H93NO10/c1-4-7-10-13-16-19-22-25-28-31-34-37-40-43-50(60)66-53-52(62)51(61)49(44-57)65-55(53)64-45-46(47(58)41-38-35-32-29-26-23-20-17-14-11-8-5-2)56-54(63)48(59)42-39-36-33-30-27-24-21-18-15-12-9-6-3/h7,10,13,16,19,22,25,27-28,30-31,34,38,41,46-49,51-53,55,57-59,61-62H,4-6,8-9,11-12,14-15,17-18,20-21,23-24,26,29,32-33,35-37,39-40,42-45H2,1-3H3,(H,56,63)/b10-7+,16-13+,22-19-,28-25-,30-27-,34-31+,41-38+. The number of amides is 1. The normalized spacial score (nSPS) is 20.9. The molecule has 0 aromatic carbocycles. The van der Waals surface area contributed by atoms with Gasteiger partial charge in [0.1, 0.15) is 24.4 Å². The van der Waals surface area contributed by atoms with Crippen LogP contribution >= 0.6 is 0 Å². The minimum Gasteiger partial charge on any atom is -0.454 e. The van der Waals surface area contributed by atoms with Gasteiger partial charge >= 0.3 is 5.97 Å². The van der Waals surface area contributed by atoms with E-state index in [1.165, 1.54) is 83.5 Å². The Bertz CT molecular complexity index is 1390. The van der Waals surface area contributed by atoms with Gasteiger partial charge in [-0.1, -0.05) is 202 Å². The largest absolute Gasteiger partial charge is 0.454 e. The van der Waals surface area contributed by atoms with Gasteiger partial charge in [-0.15, -0.1) is 0 Å². The maximum atomic E-state index is 13.3. The fraction of sp³-hybridized carbons (Fsp3) is 0.709. The summed E-state index contributed by atoms with van der Waals surface area (Å²) >= 11 is 0. The van der Waals surface area contributed by atoms with Crippen LogP contribution < -0.4 is 5.32 Å². The van der Waals surface area contributed by atoms with Gasteiger partial charge in [0.2, 0.25) is 5.91 Å². The fourth-order valence-corrected chi connectivity index (χ4v) is 7.50. The summed E-state index contributed by atoms with van der Waals surface area (Å²) in [5.74, 6) is -1.30. The zero-order valence-electron chi connectivity index (χ0n) is 41.3. The highest BCUT2D eigenvalue weighted by Gasteiger charge is 2.47. The van der Waals surface area contributed by atoms with Gasteiger partial charge in [-0.25, -0.2) is 0 Å². The molecule has 0 radical (unpaired) electrons. The Labute approximate surface area is 400 Å². The van der Waals surface area contributed by atoms with Crippen molar-refractivity contribution in [2.24, 2.45) is 0 Å². The van der Waals surface area contributed by atoms with E-state index in [-0.39, 0.29) is 19.4 Å². The van der Waals surface area contributed by atoms with Gasteiger partial charge in [0.25, 0.3) is 0 Å². The summed E-state index contributed by atoms with van der Waals surface area (Å²) in [5, 5.41) is 56.5. The van der Waals surface area contributed by atoms with Gasteiger partial charge < -0.3 is 45.1 Å². The Morgan fingerprint density at radius 2 is 1.11 bits per heavy atom. The van der Waals surface area contributed by atoms with E-state index in [1.807, 2.05) is 60.8 Å².